The molecule has 0 bridgehead atoms. The van der Waals surface area contributed by atoms with Gasteiger partial charge in [0.2, 0.25) is 11.8 Å². The molecule has 0 aliphatic carbocycles. The van der Waals surface area contributed by atoms with E-state index in [1.54, 1.807) is 42.5 Å². The standard InChI is InChI=1S/C21H24N2O5/c1-14(24)16-5-8-18(9-6-16)23(15(2)25)12-11-21(26)22-17-7-10-19(27-3)20(13-17)28-4/h5-10,13H,11-12H2,1-4H3,(H,22,26). The van der Waals surface area contributed by atoms with Crippen molar-refractivity contribution in [2.24, 2.45) is 0 Å². The van der Waals surface area contributed by atoms with E-state index in [1.165, 1.54) is 33.0 Å². The summed E-state index contributed by atoms with van der Waals surface area (Å²) in [6.07, 6.45) is 0.113. The molecular formula is C21H24N2O5. The molecule has 2 amide bonds. The molecule has 0 radical (unpaired) electrons. The van der Waals surface area contributed by atoms with Crippen molar-refractivity contribution < 1.29 is 23.9 Å². The van der Waals surface area contributed by atoms with Gasteiger partial charge < -0.3 is 19.7 Å². The summed E-state index contributed by atoms with van der Waals surface area (Å²) in [6.45, 7) is 3.13. The number of amides is 2. The number of ether oxygens (including phenoxy) is 2. The highest BCUT2D eigenvalue weighted by molar-refractivity contribution is 5.97. The molecule has 0 aliphatic rings. The van der Waals surface area contributed by atoms with Gasteiger partial charge in [0.15, 0.2) is 17.3 Å². The number of hydrogen-bond donors (Lipinski definition) is 1. The first-order valence-electron chi connectivity index (χ1n) is 8.76. The van der Waals surface area contributed by atoms with Gasteiger partial charge in [-0.15, -0.1) is 0 Å². The van der Waals surface area contributed by atoms with E-state index in [1.807, 2.05) is 0 Å². The number of nitrogens with zero attached hydrogens (tertiary/aromatic N) is 1. The lowest BCUT2D eigenvalue weighted by Gasteiger charge is -2.21. The van der Waals surface area contributed by atoms with Crippen LogP contribution in [0.1, 0.15) is 30.6 Å². The van der Waals surface area contributed by atoms with Crippen molar-refractivity contribution in [2.45, 2.75) is 20.3 Å². The Balaban J connectivity index is 2.02. The maximum Gasteiger partial charge on any atom is 0.226 e. The first kappa shape index (κ1) is 21.0. The zero-order valence-corrected chi connectivity index (χ0v) is 16.4. The molecule has 0 heterocycles. The van der Waals surface area contributed by atoms with E-state index < -0.39 is 0 Å². The van der Waals surface area contributed by atoms with E-state index in [0.717, 1.165) is 0 Å². The molecule has 2 aromatic rings. The van der Waals surface area contributed by atoms with Crippen LogP contribution in [0.15, 0.2) is 42.5 Å². The summed E-state index contributed by atoms with van der Waals surface area (Å²) in [4.78, 5) is 37.2. The molecule has 0 spiro atoms. The number of methoxy groups -OCH3 is 2. The maximum atomic E-state index is 12.3. The average molecular weight is 384 g/mol. The lowest BCUT2D eigenvalue weighted by Crippen LogP contribution is -2.32. The van der Waals surface area contributed by atoms with E-state index in [2.05, 4.69) is 5.32 Å². The Bertz CT molecular complexity index is 862. The number of carbonyl (C=O) groups is 3. The van der Waals surface area contributed by atoms with Crippen molar-refractivity contribution in [3.63, 3.8) is 0 Å². The first-order valence-corrected chi connectivity index (χ1v) is 8.76. The molecule has 0 aromatic heterocycles. The van der Waals surface area contributed by atoms with Crippen molar-refractivity contribution in [3.8, 4) is 11.5 Å². The normalized spacial score (nSPS) is 10.1. The third-order valence-corrected chi connectivity index (χ3v) is 4.20. The second kappa shape index (κ2) is 9.55. The molecule has 0 unspecified atom stereocenters. The van der Waals surface area contributed by atoms with Crippen LogP contribution >= 0.6 is 0 Å². The van der Waals surface area contributed by atoms with Crippen LogP contribution in [-0.2, 0) is 9.59 Å². The average Bonchev–Trinajstić information content (AvgIpc) is 2.68. The molecule has 0 aliphatic heterocycles. The van der Waals surface area contributed by atoms with Gasteiger partial charge in [-0.25, -0.2) is 0 Å². The maximum absolute atomic E-state index is 12.3. The second-order valence-corrected chi connectivity index (χ2v) is 6.14. The van der Waals surface area contributed by atoms with Crippen molar-refractivity contribution in [2.75, 3.05) is 31.0 Å². The van der Waals surface area contributed by atoms with Gasteiger partial charge in [-0.2, -0.15) is 0 Å². The predicted octanol–water partition coefficient (Wildman–Crippen LogP) is 3.29. The van der Waals surface area contributed by atoms with Crippen LogP contribution in [0.3, 0.4) is 0 Å². The minimum absolute atomic E-state index is 0.0461. The largest absolute Gasteiger partial charge is 0.493 e. The number of Topliss-reactive ketones (excluding diaryl/α,β-unsaturated/α-hetero) is 1. The summed E-state index contributed by atoms with van der Waals surface area (Å²) < 4.78 is 10.4. The van der Waals surface area contributed by atoms with Crippen LogP contribution in [-0.4, -0.2) is 38.4 Å². The number of hydrogen-bond acceptors (Lipinski definition) is 5. The van der Waals surface area contributed by atoms with Crippen molar-refractivity contribution >= 4 is 29.0 Å². The molecule has 0 saturated carbocycles. The number of anilines is 2. The summed E-state index contributed by atoms with van der Waals surface area (Å²) in [5, 5.41) is 2.78. The zero-order valence-electron chi connectivity index (χ0n) is 16.4. The molecule has 2 aromatic carbocycles. The molecule has 0 saturated heterocycles. The lowest BCUT2D eigenvalue weighted by atomic mass is 10.1. The minimum Gasteiger partial charge on any atom is -0.493 e. The summed E-state index contributed by atoms with van der Waals surface area (Å²) in [7, 11) is 3.06. The second-order valence-electron chi connectivity index (χ2n) is 6.14. The van der Waals surface area contributed by atoms with Crippen molar-refractivity contribution in [1.29, 1.82) is 0 Å². The number of carbonyl (C=O) groups excluding carboxylic acids is 3. The van der Waals surface area contributed by atoms with E-state index >= 15 is 0 Å². The molecule has 148 valence electrons. The molecule has 0 fully saturated rings. The fourth-order valence-electron chi connectivity index (χ4n) is 2.70. The highest BCUT2D eigenvalue weighted by Gasteiger charge is 2.14. The van der Waals surface area contributed by atoms with Gasteiger partial charge in [-0.05, 0) is 43.3 Å². The van der Waals surface area contributed by atoms with Gasteiger partial charge in [0.25, 0.3) is 0 Å². The summed E-state index contributed by atoms with van der Waals surface area (Å²) in [5.41, 5.74) is 1.78. The van der Waals surface area contributed by atoms with Gasteiger partial charge in [0.05, 0.1) is 14.2 Å². The Kier molecular flexibility index (Phi) is 7.14. The molecule has 7 heteroatoms. The number of rotatable bonds is 8. The molecule has 28 heavy (non-hydrogen) atoms. The van der Waals surface area contributed by atoms with Crippen molar-refractivity contribution in [3.05, 3.63) is 48.0 Å². The van der Waals surface area contributed by atoms with E-state index in [9.17, 15) is 14.4 Å². The van der Waals surface area contributed by atoms with Crippen LogP contribution < -0.4 is 19.7 Å². The molecule has 0 atom stereocenters. The van der Waals surface area contributed by atoms with Crippen LogP contribution in [0.5, 0.6) is 11.5 Å². The Morgan fingerprint density at radius 2 is 1.57 bits per heavy atom. The minimum atomic E-state index is -0.237. The van der Waals surface area contributed by atoms with Gasteiger partial charge in [-0.3, -0.25) is 14.4 Å². The fourth-order valence-corrected chi connectivity index (χ4v) is 2.70. The van der Waals surface area contributed by atoms with Crippen molar-refractivity contribution in [1.82, 2.24) is 0 Å². The number of nitrogens with one attached hydrogen (secondary N) is 1. The van der Waals surface area contributed by atoms with E-state index in [-0.39, 0.29) is 30.6 Å². The van der Waals surface area contributed by atoms with E-state index in [0.29, 0.717) is 28.4 Å². The third-order valence-electron chi connectivity index (χ3n) is 4.20. The van der Waals surface area contributed by atoms with Gasteiger partial charge in [-0.1, -0.05) is 0 Å². The monoisotopic (exact) mass is 384 g/mol. The Morgan fingerprint density at radius 3 is 2.11 bits per heavy atom. The molecule has 1 N–H and O–H groups in total. The van der Waals surface area contributed by atoms with Gasteiger partial charge >= 0.3 is 0 Å². The summed E-state index contributed by atoms with van der Waals surface area (Å²) in [5.74, 6) is 0.608. The van der Waals surface area contributed by atoms with Gasteiger partial charge in [0, 0.05) is 42.9 Å². The number of ketones is 1. The first-order chi connectivity index (χ1) is 13.3. The molecule has 7 nitrogen and oxygen atoms in total. The van der Waals surface area contributed by atoms with Crippen LogP contribution in [0.25, 0.3) is 0 Å². The fraction of sp³-hybridized carbons (Fsp3) is 0.286. The Morgan fingerprint density at radius 1 is 0.929 bits per heavy atom. The molecule has 2 rings (SSSR count). The Hall–Kier alpha value is -3.35. The topological polar surface area (TPSA) is 84.9 Å². The van der Waals surface area contributed by atoms with Crippen LogP contribution in [0.4, 0.5) is 11.4 Å². The van der Waals surface area contributed by atoms with Crippen LogP contribution in [0, 0.1) is 0 Å². The smallest absolute Gasteiger partial charge is 0.226 e. The zero-order chi connectivity index (χ0) is 20.7. The highest BCUT2D eigenvalue weighted by Crippen LogP contribution is 2.29. The summed E-state index contributed by atoms with van der Waals surface area (Å²) in [6, 6.07) is 11.8. The molecular weight excluding hydrogens is 360 g/mol. The highest BCUT2D eigenvalue weighted by atomic mass is 16.5. The Labute approximate surface area is 164 Å². The third kappa shape index (κ3) is 5.33. The predicted molar refractivity (Wildman–Crippen MR) is 107 cm³/mol. The SMILES string of the molecule is COc1ccc(NC(=O)CCN(C(C)=O)c2ccc(C(C)=O)cc2)cc1OC. The van der Waals surface area contributed by atoms with E-state index in [4.69, 9.17) is 9.47 Å². The van der Waals surface area contributed by atoms with Crippen LogP contribution in [0.2, 0.25) is 0 Å². The lowest BCUT2D eigenvalue weighted by molar-refractivity contribution is -0.117. The number of benzene rings is 2. The van der Waals surface area contributed by atoms with Gasteiger partial charge in [0.1, 0.15) is 0 Å². The quantitative estimate of drug-likeness (QED) is 0.706. The summed E-state index contributed by atoms with van der Waals surface area (Å²) >= 11 is 0.